The van der Waals surface area contributed by atoms with E-state index in [0.29, 0.717) is 0 Å². The fraction of sp³-hybridized carbons (Fsp3) is 0.333. The van der Waals surface area contributed by atoms with Crippen molar-refractivity contribution in [3.05, 3.63) is 65.7 Å². The Labute approximate surface area is 126 Å². The molecule has 0 aliphatic rings. The molecule has 0 saturated carbocycles. The first-order valence-corrected chi connectivity index (χ1v) is 8.02. The van der Waals surface area contributed by atoms with Gasteiger partial charge in [0.25, 0.3) is 0 Å². The van der Waals surface area contributed by atoms with Crippen molar-refractivity contribution in [2.75, 3.05) is 0 Å². The van der Waals surface area contributed by atoms with E-state index in [1.54, 1.807) is 0 Å². The van der Waals surface area contributed by atoms with Crippen LogP contribution in [0.15, 0.2) is 59.5 Å². The Morgan fingerprint density at radius 2 is 1.60 bits per heavy atom. The van der Waals surface area contributed by atoms with Crippen molar-refractivity contribution in [3.8, 4) is 0 Å². The Bertz CT molecular complexity index is 529. The summed E-state index contributed by atoms with van der Waals surface area (Å²) >= 11 is 1.89. The molecule has 1 nitrogen and oxygen atoms in total. The van der Waals surface area contributed by atoms with Crippen LogP contribution in [0.4, 0.5) is 0 Å². The lowest BCUT2D eigenvalue weighted by molar-refractivity contribution is 0.424. The highest BCUT2D eigenvalue weighted by Crippen LogP contribution is 2.23. The molecule has 0 spiro atoms. The third kappa shape index (κ3) is 5.40. The SMILES string of the molecule is CC(C)(C)NCc1cccc(SCc2ccccc2)c1. The Morgan fingerprint density at radius 3 is 2.30 bits per heavy atom. The minimum Gasteiger partial charge on any atom is -0.308 e. The Kier molecular flexibility index (Phi) is 5.27. The van der Waals surface area contributed by atoms with E-state index in [-0.39, 0.29) is 5.54 Å². The minimum absolute atomic E-state index is 0.160. The molecule has 0 radical (unpaired) electrons. The van der Waals surface area contributed by atoms with Gasteiger partial charge in [0.2, 0.25) is 0 Å². The topological polar surface area (TPSA) is 12.0 Å². The van der Waals surface area contributed by atoms with E-state index in [1.807, 2.05) is 11.8 Å². The number of nitrogens with one attached hydrogen (secondary N) is 1. The van der Waals surface area contributed by atoms with Gasteiger partial charge in [-0.1, -0.05) is 42.5 Å². The van der Waals surface area contributed by atoms with Gasteiger partial charge in [-0.2, -0.15) is 0 Å². The molecule has 0 fully saturated rings. The third-order valence-corrected chi connectivity index (χ3v) is 4.03. The van der Waals surface area contributed by atoms with Gasteiger partial charge < -0.3 is 5.32 Å². The van der Waals surface area contributed by atoms with Gasteiger partial charge in [-0.3, -0.25) is 0 Å². The monoisotopic (exact) mass is 285 g/mol. The van der Waals surface area contributed by atoms with Crippen LogP contribution in [0, 0.1) is 0 Å². The Morgan fingerprint density at radius 1 is 0.900 bits per heavy atom. The fourth-order valence-corrected chi connectivity index (χ4v) is 2.79. The number of thioether (sulfide) groups is 1. The average Bonchev–Trinajstić information content (AvgIpc) is 2.44. The van der Waals surface area contributed by atoms with Gasteiger partial charge in [0.15, 0.2) is 0 Å². The van der Waals surface area contributed by atoms with Crippen molar-refractivity contribution in [2.45, 2.75) is 43.5 Å². The molecule has 106 valence electrons. The summed E-state index contributed by atoms with van der Waals surface area (Å²) in [6, 6.07) is 19.4. The number of benzene rings is 2. The van der Waals surface area contributed by atoms with Crippen LogP contribution in [0.2, 0.25) is 0 Å². The Hall–Kier alpha value is -1.25. The zero-order valence-electron chi connectivity index (χ0n) is 12.5. The molecule has 2 heteroatoms. The zero-order chi connectivity index (χ0) is 14.4. The number of hydrogen-bond acceptors (Lipinski definition) is 2. The molecule has 1 N–H and O–H groups in total. The lowest BCUT2D eigenvalue weighted by atomic mass is 10.1. The molecule has 0 aliphatic heterocycles. The minimum atomic E-state index is 0.160. The van der Waals surface area contributed by atoms with Crippen molar-refractivity contribution < 1.29 is 0 Å². The highest BCUT2D eigenvalue weighted by atomic mass is 32.2. The molecule has 0 aliphatic carbocycles. The second-order valence-electron chi connectivity index (χ2n) is 6.03. The third-order valence-electron chi connectivity index (χ3n) is 2.97. The summed E-state index contributed by atoms with van der Waals surface area (Å²) in [6.07, 6.45) is 0. The molecule has 2 aromatic rings. The van der Waals surface area contributed by atoms with Gasteiger partial charge in [-0.05, 0) is 44.0 Å². The first kappa shape index (κ1) is 15.1. The first-order chi connectivity index (χ1) is 9.53. The predicted molar refractivity (Wildman–Crippen MR) is 89.0 cm³/mol. The highest BCUT2D eigenvalue weighted by molar-refractivity contribution is 7.98. The molecule has 0 amide bonds. The van der Waals surface area contributed by atoms with Crippen LogP contribution >= 0.6 is 11.8 Å². The number of hydrogen-bond donors (Lipinski definition) is 1. The second kappa shape index (κ2) is 6.96. The summed E-state index contributed by atoms with van der Waals surface area (Å²) in [4.78, 5) is 1.34. The molecule has 0 aromatic heterocycles. The molecule has 0 atom stereocenters. The summed E-state index contributed by atoms with van der Waals surface area (Å²) in [7, 11) is 0. The molecule has 0 saturated heterocycles. The average molecular weight is 285 g/mol. The van der Waals surface area contributed by atoms with E-state index in [2.05, 4.69) is 80.7 Å². The molecular formula is C18H23NS. The molecule has 2 aromatic carbocycles. The van der Waals surface area contributed by atoms with Gasteiger partial charge in [-0.15, -0.1) is 11.8 Å². The second-order valence-corrected chi connectivity index (χ2v) is 7.07. The van der Waals surface area contributed by atoms with Crippen LogP contribution in [-0.2, 0) is 12.3 Å². The van der Waals surface area contributed by atoms with E-state index in [9.17, 15) is 0 Å². The van der Waals surface area contributed by atoms with Crippen molar-refractivity contribution in [3.63, 3.8) is 0 Å². The van der Waals surface area contributed by atoms with E-state index in [1.165, 1.54) is 16.0 Å². The first-order valence-electron chi connectivity index (χ1n) is 7.04. The summed E-state index contributed by atoms with van der Waals surface area (Å²) in [5.41, 5.74) is 2.88. The van der Waals surface area contributed by atoms with E-state index in [4.69, 9.17) is 0 Å². The molecule has 0 bridgehead atoms. The predicted octanol–water partition coefficient (Wildman–Crippen LogP) is 4.87. The molecule has 0 heterocycles. The van der Waals surface area contributed by atoms with Gasteiger partial charge >= 0.3 is 0 Å². The standard InChI is InChI=1S/C18H23NS/c1-18(2,3)19-13-16-10-7-11-17(12-16)20-14-15-8-5-4-6-9-15/h4-12,19H,13-14H2,1-3H3. The maximum absolute atomic E-state index is 3.53. The van der Waals surface area contributed by atoms with Gasteiger partial charge in [0.1, 0.15) is 0 Å². The van der Waals surface area contributed by atoms with Crippen molar-refractivity contribution in [1.29, 1.82) is 0 Å². The van der Waals surface area contributed by atoms with Crippen molar-refractivity contribution in [2.24, 2.45) is 0 Å². The fourth-order valence-electron chi connectivity index (χ4n) is 1.85. The lowest BCUT2D eigenvalue weighted by Crippen LogP contribution is -2.35. The molecular weight excluding hydrogens is 262 g/mol. The van der Waals surface area contributed by atoms with Crippen LogP contribution in [-0.4, -0.2) is 5.54 Å². The van der Waals surface area contributed by atoms with Crippen molar-refractivity contribution >= 4 is 11.8 Å². The highest BCUT2D eigenvalue weighted by Gasteiger charge is 2.08. The van der Waals surface area contributed by atoms with E-state index >= 15 is 0 Å². The molecule has 20 heavy (non-hydrogen) atoms. The summed E-state index contributed by atoms with van der Waals surface area (Å²) in [5.74, 6) is 1.02. The van der Waals surface area contributed by atoms with Crippen LogP contribution in [0.5, 0.6) is 0 Å². The van der Waals surface area contributed by atoms with Crippen molar-refractivity contribution in [1.82, 2.24) is 5.32 Å². The summed E-state index contributed by atoms with van der Waals surface area (Å²) in [5, 5.41) is 3.53. The van der Waals surface area contributed by atoms with E-state index < -0.39 is 0 Å². The number of rotatable bonds is 5. The Balaban J connectivity index is 1.92. The summed E-state index contributed by atoms with van der Waals surface area (Å²) in [6.45, 7) is 7.51. The molecule has 2 rings (SSSR count). The van der Waals surface area contributed by atoms with Crippen LogP contribution in [0.25, 0.3) is 0 Å². The van der Waals surface area contributed by atoms with Crippen LogP contribution in [0.1, 0.15) is 31.9 Å². The summed E-state index contributed by atoms with van der Waals surface area (Å²) < 4.78 is 0. The maximum Gasteiger partial charge on any atom is 0.0231 e. The smallest absolute Gasteiger partial charge is 0.0231 e. The van der Waals surface area contributed by atoms with E-state index in [0.717, 1.165) is 12.3 Å². The normalized spacial score (nSPS) is 11.6. The van der Waals surface area contributed by atoms with Crippen LogP contribution in [0.3, 0.4) is 0 Å². The maximum atomic E-state index is 3.53. The quantitative estimate of drug-likeness (QED) is 0.787. The van der Waals surface area contributed by atoms with Gasteiger partial charge in [0, 0.05) is 22.7 Å². The zero-order valence-corrected chi connectivity index (χ0v) is 13.3. The largest absolute Gasteiger partial charge is 0.308 e. The van der Waals surface area contributed by atoms with Gasteiger partial charge in [0.05, 0.1) is 0 Å². The lowest BCUT2D eigenvalue weighted by Gasteiger charge is -2.20. The van der Waals surface area contributed by atoms with Crippen LogP contribution < -0.4 is 5.32 Å². The molecule has 0 unspecified atom stereocenters. The van der Waals surface area contributed by atoms with Gasteiger partial charge in [-0.25, -0.2) is 0 Å².